The largest absolute Gasteiger partial charge is 0.497 e. The molecule has 4 rings (SSSR count). The van der Waals surface area contributed by atoms with Gasteiger partial charge < -0.3 is 9.47 Å². The number of hydrogen-bond acceptors (Lipinski definition) is 6. The molecule has 0 unspecified atom stereocenters. The summed E-state index contributed by atoms with van der Waals surface area (Å²) in [7, 11) is 1.63. The Morgan fingerprint density at radius 1 is 1.21 bits per heavy atom. The van der Waals surface area contributed by atoms with Gasteiger partial charge in [0.2, 0.25) is 16.8 Å². The Hall–Kier alpha value is -3.10. The number of hydrogen-bond donors (Lipinski definition) is 1. The average Bonchev–Trinajstić information content (AvgIpc) is 3.29. The minimum absolute atomic E-state index is 0.156. The van der Waals surface area contributed by atoms with Gasteiger partial charge in [0.05, 0.1) is 30.9 Å². The molecule has 9 heteroatoms. The molecule has 2 heterocycles. The first-order valence-corrected chi connectivity index (χ1v) is 10.1. The summed E-state index contributed by atoms with van der Waals surface area (Å²) in [4.78, 5) is 17.2. The molecule has 0 aliphatic rings. The van der Waals surface area contributed by atoms with Crippen molar-refractivity contribution in [2.75, 3.05) is 19.0 Å². The molecule has 0 saturated carbocycles. The van der Waals surface area contributed by atoms with Crippen molar-refractivity contribution in [1.82, 2.24) is 14.6 Å². The number of rotatable bonds is 7. The lowest BCUT2D eigenvalue weighted by Gasteiger charge is -2.07. The normalized spacial score (nSPS) is 10.8. The third-order valence-corrected chi connectivity index (χ3v) is 5.27. The van der Waals surface area contributed by atoms with Crippen molar-refractivity contribution < 1.29 is 14.3 Å². The zero-order valence-corrected chi connectivity index (χ0v) is 17.0. The first-order chi connectivity index (χ1) is 14.1. The van der Waals surface area contributed by atoms with E-state index in [0.717, 1.165) is 17.0 Å². The van der Waals surface area contributed by atoms with Crippen LogP contribution in [0.25, 0.3) is 16.2 Å². The van der Waals surface area contributed by atoms with Crippen LogP contribution >= 0.6 is 22.9 Å². The fraction of sp³-hybridized carbons (Fsp3) is 0.150. The highest BCUT2D eigenvalue weighted by Crippen LogP contribution is 2.27. The molecule has 7 nitrogen and oxygen atoms in total. The van der Waals surface area contributed by atoms with Crippen LogP contribution in [0.15, 0.2) is 53.9 Å². The van der Waals surface area contributed by atoms with Crippen LogP contribution in [-0.4, -0.2) is 34.2 Å². The summed E-state index contributed by atoms with van der Waals surface area (Å²) in [5.41, 5.74) is 1.87. The monoisotopic (exact) mass is 428 g/mol. The van der Waals surface area contributed by atoms with Crippen molar-refractivity contribution in [2.24, 2.45) is 0 Å². The lowest BCUT2D eigenvalue weighted by molar-refractivity contribution is -0.116. The standard InChI is InChI=1S/C20H17ClN4O3S/c1-27-14-8-6-13(7-9-14)16-12-29-20-23-19(24-25(16)20)22-18(26)10-11-28-17-5-3-2-4-15(17)21/h2-9,12H,10-11H2,1H3,(H,22,24,26). The fourth-order valence-electron chi connectivity index (χ4n) is 2.70. The Morgan fingerprint density at radius 2 is 2.00 bits per heavy atom. The summed E-state index contributed by atoms with van der Waals surface area (Å²) in [5, 5.41) is 9.59. The molecule has 0 fully saturated rings. The number of aromatic nitrogens is 3. The predicted molar refractivity (Wildman–Crippen MR) is 113 cm³/mol. The zero-order valence-electron chi connectivity index (χ0n) is 15.5. The molecule has 1 amide bonds. The van der Waals surface area contributed by atoms with Crippen LogP contribution in [0.3, 0.4) is 0 Å². The minimum atomic E-state index is -0.235. The molecule has 148 valence electrons. The summed E-state index contributed by atoms with van der Waals surface area (Å²) in [6, 6.07) is 14.8. The Balaban J connectivity index is 1.40. The van der Waals surface area contributed by atoms with E-state index >= 15 is 0 Å². The van der Waals surface area contributed by atoms with E-state index in [1.54, 1.807) is 23.8 Å². The number of anilines is 1. The summed E-state index contributed by atoms with van der Waals surface area (Å²) in [6.45, 7) is 0.203. The number of amides is 1. The van der Waals surface area contributed by atoms with Crippen molar-refractivity contribution in [1.29, 1.82) is 0 Å². The second kappa shape index (κ2) is 8.50. The van der Waals surface area contributed by atoms with Gasteiger partial charge in [-0.2, -0.15) is 4.98 Å². The lowest BCUT2D eigenvalue weighted by atomic mass is 10.2. The van der Waals surface area contributed by atoms with Gasteiger partial charge in [0.25, 0.3) is 0 Å². The molecule has 0 saturated heterocycles. The topological polar surface area (TPSA) is 77.8 Å². The minimum Gasteiger partial charge on any atom is -0.497 e. The molecule has 0 radical (unpaired) electrons. The maximum atomic E-state index is 12.2. The van der Waals surface area contributed by atoms with E-state index in [4.69, 9.17) is 21.1 Å². The number of thiazole rings is 1. The van der Waals surface area contributed by atoms with E-state index in [1.807, 2.05) is 41.8 Å². The SMILES string of the molecule is COc1ccc(-c2csc3nc(NC(=O)CCOc4ccccc4Cl)nn23)cc1. The molecular weight excluding hydrogens is 412 g/mol. The Bertz CT molecular complexity index is 1140. The van der Waals surface area contributed by atoms with Gasteiger partial charge in [0.1, 0.15) is 11.5 Å². The van der Waals surface area contributed by atoms with Crippen molar-refractivity contribution in [3.8, 4) is 22.8 Å². The van der Waals surface area contributed by atoms with Gasteiger partial charge >= 0.3 is 0 Å². The van der Waals surface area contributed by atoms with Gasteiger partial charge in [-0.3, -0.25) is 10.1 Å². The van der Waals surface area contributed by atoms with Crippen LogP contribution in [0.4, 0.5) is 5.95 Å². The highest BCUT2D eigenvalue weighted by molar-refractivity contribution is 7.15. The first-order valence-electron chi connectivity index (χ1n) is 8.80. The zero-order chi connectivity index (χ0) is 20.2. The maximum Gasteiger partial charge on any atom is 0.250 e. The van der Waals surface area contributed by atoms with E-state index in [1.165, 1.54) is 11.3 Å². The van der Waals surface area contributed by atoms with E-state index in [-0.39, 0.29) is 24.9 Å². The number of para-hydroxylation sites is 1. The molecule has 0 spiro atoms. The molecule has 29 heavy (non-hydrogen) atoms. The Morgan fingerprint density at radius 3 is 2.76 bits per heavy atom. The molecule has 1 N–H and O–H groups in total. The molecule has 0 bridgehead atoms. The van der Waals surface area contributed by atoms with Crippen molar-refractivity contribution in [3.63, 3.8) is 0 Å². The predicted octanol–water partition coefficient (Wildman–Crippen LogP) is 4.53. The van der Waals surface area contributed by atoms with Gasteiger partial charge in [0, 0.05) is 10.9 Å². The van der Waals surface area contributed by atoms with Crippen LogP contribution in [0.5, 0.6) is 11.5 Å². The summed E-state index contributed by atoms with van der Waals surface area (Å²) < 4.78 is 12.4. The molecule has 2 aromatic carbocycles. The van der Waals surface area contributed by atoms with Gasteiger partial charge in [0.15, 0.2) is 0 Å². The number of carbonyl (C=O) groups excluding carboxylic acids is 1. The number of nitrogens with one attached hydrogen (secondary N) is 1. The van der Waals surface area contributed by atoms with Gasteiger partial charge in [-0.1, -0.05) is 23.7 Å². The number of benzene rings is 2. The van der Waals surface area contributed by atoms with Crippen LogP contribution in [-0.2, 0) is 4.79 Å². The number of fused-ring (bicyclic) bond motifs is 1. The number of nitrogens with zero attached hydrogens (tertiary/aromatic N) is 3. The van der Waals surface area contributed by atoms with E-state index in [9.17, 15) is 4.79 Å². The van der Waals surface area contributed by atoms with Gasteiger partial charge in [-0.15, -0.1) is 16.4 Å². The Labute approximate surface area is 175 Å². The van der Waals surface area contributed by atoms with E-state index < -0.39 is 0 Å². The fourth-order valence-corrected chi connectivity index (χ4v) is 3.72. The van der Waals surface area contributed by atoms with Crippen LogP contribution in [0.2, 0.25) is 5.02 Å². The van der Waals surface area contributed by atoms with Crippen molar-refractivity contribution in [2.45, 2.75) is 6.42 Å². The van der Waals surface area contributed by atoms with Crippen molar-refractivity contribution in [3.05, 3.63) is 58.9 Å². The van der Waals surface area contributed by atoms with Crippen molar-refractivity contribution >= 4 is 39.8 Å². The lowest BCUT2D eigenvalue weighted by Crippen LogP contribution is -2.16. The molecule has 0 aliphatic carbocycles. The first kappa shape index (κ1) is 19.2. The summed E-state index contributed by atoms with van der Waals surface area (Å²) >= 11 is 7.48. The summed E-state index contributed by atoms with van der Waals surface area (Å²) in [6.07, 6.45) is 0.156. The molecule has 0 atom stereocenters. The molecule has 2 aromatic heterocycles. The van der Waals surface area contributed by atoms with Crippen LogP contribution in [0.1, 0.15) is 6.42 Å². The third kappa shape index (κ3) is 4.33. The van der Waals surface area contributed by atoms with Crippen LogP contribution in [0, 0.1) is 0 Å². The maximum absolute atomic E-state index is 12.2. The number of halogens is 1. The second-order valence-electron chi connectivity index (χ2n) is 6.06. The highest BCUT2D eigenvalue weighted by Gasteiger charge is 2.14. The smallest absolute Gasteiger partial charge is 0.250 e. The van der Waals surface area contributed by atoms with Crippen LogP contribution < -0.4 is 14.8 Å². The Kier molecular flexibility index (Phi) is 5.64. The summed E-state index contributed by atoms with van der Waals surface area (Å²) in [5.74, 6) is 1.35. The number of carbonyl (C=O) groups is 1. The molecule has 4 aromatic rings. The highest BCUT2D eigenvalue weighted by atomic mass is 35.5. The van der Waals surface area contributed by atoms with Gasteiger partial charge in [-0.25, -0.2) is 4.52 Å². The average molecular weight is 429 g/mol. The number of ether oxygens (including phenoxy) is 2. The molecular formula is C20H17ClN4O3S. The quantitative estimate of drug-likeness (QED) is 0.468. The van der Waals surface area contributed by atoms with E-state index in [0.29, 0.717) is 15.7 Å². The third-order valence-electron chi connectivity index (χ3n) is 4.14. The van der Waals surface area contributed by atoms with E-state index in [2.05, 4.69) is 15.4 Å². The number of methoxy groups -OCH3 is 1. The van der Waals surface area contributed by atoms with Gasteiger partial charge in [-0.05, 0) is 36.4 Å². The second-order valence-corrected chi connectivity index (χ2v) is 7.30. The molecule has 0 aliphatic heterocycles.